The number of aryl methyl sites for hydroxylation is 1. The molecule has 2 aliphatic heterocycles. The minimum atomic E-state index is 0. The molecule has 1 N–H and O–H groups in total. The summed E-state index contributed by atoms with van der Waals surface area (Å²) in [6.45, 7) is 10.9. The van der Waals surface area contributed by atoms with Gasteiger partial charge in [0.05, 0.1) is 25.9 Å². The van der Waals surface area contributed by atoms with E-state index >= 15 is 0 Å². The molecule has 0 spiro atoms. The minimum Gasteiger partial charge on any atom is -0.370 e. The maximum atomic E-state index is 5.96. The van der Waals surface area contributed by atoms with E-state index in [-0.39, 0.29) is 30.1 Å². The molecule has 0 saturated carbocycles. The van der Waals surface area contributed by atoms with Gasteiger partial charge in [0.2, 0.25) is 0 Å². The van der Waals surface area contributed by atoms with Crippen LogP contribution in [0, 0.1) is 0 Å². The third-order valence-corrected chi connectivity index (χ3v) is 5.39. The van der Waals surface area contributed by atoms with Crippen LogP contribution in [0.2, 0.25) is 0 Å². The van der Waals surface area contributed by atoms with Crippen LogP contribution in [0.5, 0.6) is 0 Å². The topological polar surface area (TPSA) is 57.9 Å². The van der Waals surface area contributed by atoms with Crippen molar-refractivity contribution in [2.75, 3.05) is 45.9 Å². The van der Waals surface area contributed by atoms with Gasteiger partial charge in [0.15, 0.2) is 5.96 Å². The Morgan fingerprint density at radius 3 is 2.93 bits per heavy atom. The zero-order chi connectivity index (χ0) is 18.4. The summed E-state index contributed by atoms with van der Waals surface area (Å²) in [7, 11) is 1.94. The van der Waals surface area contributed by atoms with Crippen LogP contribution in [0.1, 0.15) is 44.8 Å². The maximum absolute atomic E-state index is 5.96. The Hall–Kier alpha value is -0.870. The summed E-state index contributed by atoms with van der Waals surface area (Å²) in [4.78, 5) is 9.81. The van der Waals surface area contributed by atoms with Gasteiger partial charge in [-0.3, -0.25) is 14.6 Å². The molecule has 154 valence electrons. The van der Waals surface area contributed by atoms with Crippen molar-refractivity contribution in [1.82, 2.24) is 24.9 Å². The lowest BCUT2D eigenvalue weighted by Crippen LogP contribution is -2.48. The lowest BCUT2D eigenvalue weighted by Gasteiger charge is -2.35. The average Bonchev–Trinajstić information content (AvgIpc) is 3.09. The molecule has 2 fully saturated rings. The number of aliphatic imine (C=N–C) groups is 1. The number of likely N-dealkylation sites (tertiary alicyclic amines) is 1. The monoisotopic (exact) mass is 490 g/mol. The second-order valence-corrected chi connectivity index (χ2v) is 7.37. The number of hydrogen-bond acceptors (Lipinski definition) is 4. The number of guanidine groups is 1. The number of nitrogens with zero attached hydrogens (tertiary/aromatic N) is 5. The summed E-state index contributed by atoms with van der Waals surface area (Å²) in [5, 5.41) is 7.73. The van der Waals surface area contributed by atoms with Gasteiger partial charge in [-0.05, 0) is 33.2 Å². The minimum absolute atomic E-state index is 0. The number of hydrogen-bond donors (Lipinski definition) is 1. The second-order valence-electron chi connectivity index (χ2n) is 7.37. The summed E-state index contributed by atoms with van der Waals surface area (Å²) in [5.74, 6) is 1.01. The molecule has 1 aromatic heterocycles. The molecule has 2 unspecified atom stereocenters. The highest BCUT2D eigenvalue weighted by atomic mass is 127. The van der Waals surface area contributed by atoms with Gasteiger partial charge < -0.3 is 15.0 Å². The van der Waals surface area contributed by atoms with E-state index in [2.05, 4.69) is 34.1 Å². The summed E-state index contributed by atoms with van der Waals surface area (Å²) >= 11 is 0. The van der Waals surface area contributed by atoms with E-state index in [1.807, 2.05) is 24.1 Å². The zero-order valence-electron chi connectivity index (χ0n) is 16.9. The van der Waals surface area contributed by atoms with Crippen LogP contribution in [-0.4, -0.2) is 77.5 Å². The molecule has 2 saturated heterocycles. The molecule has 8 heteroatoms. The fourth-order valence-corrected chi connectivity index (χ4v) is 3.85. The van der Waals surface area contributed by atoms with Crippen molar-refractivity contribution in [1.29, 1.82) is 0 Å². The van der Waals surface area contributed by atoms with Crippen LogP contribution in [0.4, 0.5) is 0 Å². The van der Waals surface area contributed by atoms with Crippen LogP contribution in [0.25, 0.3) is 0 Å². The largest absolute Gasteiger partial charge is 0.370 e. The zero-order valence-corrected chi connectivity index (χ0v) is 19.3. The SMILES string of the molecule is CCNC(=NCCN1CCCCC1C)N1CCOC(c2cnn(C)c2)C1.I. The molecular formula is C19H35IN6O. The maximum Gasteiger partial charge on any atom is 0.194 e. The first kappa shape index (κ1) is 22.4. The number of halogens is 1. The Morgan fingerprint density at radius 1 is 1.37 bits per heavy atom. The molecule has 3 rings (SSSR count). The van der Waals surface area contributed by atoms with Crippen molar-refractivity contribution in [3.63, 3.8) is 0 Å². The van der Waals surface area contributed by atoms with Gasteiger partial charge in [0.1, 0.15) is 6.10 Å². The van der Waals surface area contributed by atoms with Gasteiger partial charge in [0.25, 0.3) is 0 Å². The van der Waals surface area contributed by atoms with Crippen LogP contribution >= 0.6 is 24.0 Å². The van der Waals surface area contributed by atoms with E-state index in [1.165, 1.54) is 25.8 Å². The van der Waals surface area contributed by atoms with Crippen LogP contribution in [0.15, 0.2) is 17.4 Å². The Morgan fingerprint density at radius 2 is 2.22 bits per heavy atom. The molecule has 0 aromatic carbocycles. The first-order chi connectivity index (χ1) is 12.7. The molecule has 0 bridgehead atoms. The Labute approximate surface area is 180 Å². The highest BCUT2D eigenvalue weighted by Gasteiger charge is 2.25. The van der Waals surface area contributed by atoms with E-state index in [9.17, 15) is 0 Å². The van der Waals surface area contributed by atoms with Gasteiger partial charge in [-0.15, -0.1) is 24.0 Å². The summed E-state index contributed by atoms with van der Waals surface area (Å²) < 4.78 is 7.79. The highest BCUT2D eigenvalue weighted by molar-refractivity contribution is 14.0. The average molecular weight is 490 g/mol. The third-order valence-electron chi connectivity index (χ3n) is 5.39. The van der Waals surface area contributed by atoms with Crippen LogP contribution < -0.4 is 5.32 Å². The van der Waals surface area contributed by atoms with E-state index in [0.29, 0.717) is 12.6 Å². The fraction of sp³-hybridized carbons (Fsp3) is 0.789. The van der Waals surface area contributed by atoms with Crippen molar-refractivity contribution in [2.45, 2.75) is 45.3 Å². The fourth-order valence-electron chi connectivity index (χ4n) is 3.85. The van der Waals surface area contributed by atoms with Crippen molar-refractivity contribution in [3.8, 4) is 0 Å². The molecule has 2 atom stereocenters. The lowest BCUT2D eigenvalue weighted by molar-refractivity contribution is -0.00806. The molecule has 7 nitrogen and oxygen atoms in total. The predicted molar refractivity (Wildman–Crippen MR) is 120 cm³/mol. The van der Waals surface area contributed by atoms with Gasteiger partial charge in [-0.1, -0.05) is 6.42 Å². The molecule has 0 amide bonds. The normalized spacial score (nSPS) is 24.6. The molecular weight excluding hydrogens is 455 g/mol. The molecule has 0 aliphatic carbocycles. The van der Waals surface area contributed by atoms with Gasteiger partial charge in [-0.2, -0.15) is 5.10 Å². The van der Waals surface area contributed by atoms with Crippen molar-refractivity contribution in [2.24, 2.45) is 12.0 Å². The van der Waals surface area contributed by atoms with Crippen LogP contribution in [-0.2, 0) is 11.8 Å². The number of piperidine rings is 1. The standard InChI is InChI=1S/C19H34N6O.HI/c1-4-20-19(21-8-10-24-9-6-5-7-16(24)2)25-11-12-26-18(15-25)17-13-22-23(3)14-17;/h13-14,16,18H,4-12,15H2,1-3H3,(H,20,21);1H. The quantitative estimate of drug-likeness (QED) is 0.390. The second kappa shape index (κ2) is 11.2. The molecule has 27 heavy (non-hydrogen) atoms. The molecule has 2 aliphatic rings. The van der Waals surface area contributed by atoms with Gasteiger partial charge >= 0.3 is 0 Å². The number of morpholine rings is 1. The number of rotatable bonds is 5. The van der Waals surface area contributed by atoms with Gasteiger partial charge in [0, 0.05) is 44.5 Å². The lowest BCUT2D eigenvalue weighted by atomic mass is 10.0. The molecule has 0 radical (unpaired) electrons. The smallest absolute Gasteiger partial charge is 0.194 e. The van der Waals surface area contributed by atoms with Crippen molar-refractivity contribution >= 4 is 29.9 Å². The number of ether oxygens (including phenoxy) is 1. The summed E-state index contributed by atoms with van der Waals surface area (Å²) in [6, 6.07) is 0.694. The first-order valence-electron chi connectivity index (χ1n) is 10.0. The highest BCUT2D eigenvalue weighted by Crippen LogP contribution is 2.21. The van der Waals surface area contributed by atoms with Gasteiger partial charge in [-0.25, -0.2) is 0 Å². The van der Waals surface area contributed by atoms with Crippen molar-refractivity contribution < 1.29 is 4.74 Å². The summed E-state index contributed by atoms with van der Waals surface area (Å²) in [5.41, 5.74) is 1.13. The van der Waals surface area contributed by atoms with Crippen LogP contribution in [0.3, 0.4) is 0 Å². The number of aromatic nitrogens is 2. The molecule has 3 heterocycles. The van der Waals surface area contributed by atoms with E-state index in [1.54, 1.807) is 0 Å². The summed E-state index contributed by atoms with van der Waals surface area (Å²) in [6.07, 6.45) is 8.01. The van der Waals surface area contributed by atoms with Crippen molar-refractivity contribution in [3.05, 3.63) is 18.0 Å². The molecule has 1 aromatic rings. The number of nitrogens with one attached hydrogen (secondary N) is 1. The Bertz CT molecular complexity index is 593. The Balaban J connectivity index is 0.00000261. The van der Waals surface area contributed by atoms with E-state index < -0.39 is 0 Å². The first-order valence-corrected chi connectivity index (χ1v) is 10.0. The van der Waals surface area contributed by atoms with E-state index in [4.69, 9.17) is 9.73 Å². The van der Waals surface area contributed by atoms with E-state index in [0.717, 1.165) is 44.2 Å². The predicted octanol–water partition coefficient (Wildman–Crippen LogP) is 2.25. The Kier molecular flexibility index (Phi) is 9.31. The third kappa shape index (κ3) is 6.32.